The maximum atomic E-state index is 9.44. The standard InChI is InChI=1S/C16H22N8O/c1-4-11(7-25)20-16-22-14(21-12-5-6-17-8-18-12)13-15(23-16)24(9-19-13)10(2)3/h5-6,8-11,25H,4,7H2,1-3H3,(H2,17,18,20,21,22,23)/t11-/m0/s1. The van der Waals surface area contributed by atoms with Gasteiger partial charge in [0.25, 0.3) is 0 Å². The average Bonchev–Trinajstić information content (AvgIpc) is 3.05. The number of hydrogen-bond acceptors (Lipinski definition) is 8. The van der Waals surface area contributed by atoms with E-state index in [0.29, 0.717) is 23.1 Å². The lowest BCUT2D eigenvalue weighted by Gasteiger charge is -2.16. The van der Waals surface area contributed by atoms with Gasteiger partial charge in [-0.15, -0.1) is 0 Å². The lowest BCUT2D eigenvalue weighted by molar-refractivity contribution is 0.271. The Labute approximate surface area is 145 Å². The van der Waals surface area contributed by atoms with Crippen LogP contribution in [-0.4, -0.2) is 47.2 Å². The summed E-state index contributed by atoms with van der Waals surface area (Å²) >= 11 is 0. The molecule has 9 nitrogen and oxygen atoms in total. The second kappa shape index (κ2) is 7.39. The van der Waals surface area contributed by atoms with Crippen molar-refractivity contribution in [1.29, 1.82) is 0 Å². The minimum absolute atomic E-state index is 0.00993. The number of hydrogen-bond donors (Lipinski definition) is 3. The summed E-state index contributed by atoms with van der Waals surface area (Å²) in [5.41, 5.74) is 1.38. The molecule has 9 heteroatoms. The van der Waals surface area contributed by atoms with E-state index in [1.807, 2.05) is 11.5 Å². The van der Waals surface area contributed by atoms with Gasteiger partial charge in [-0.05, 0) is 26.3 Å². The molecule has 0 bridgehead atoms. The van der Waals surface area contributed by atoms with E-state index >= 15 is 0 Å². The van der Waals surface area contributed by atoms with Gasteiger partial charge >= 0.3 is 0 Å². The van der Waals surface area contributed by atoms with Crippen LogP contribution in [0.3, 0.4) is 0 Å². The van der Waals surface area contributed by atoms with Crippen LogP contribution in [0.4, 0.5) is 17.6 Å². The third kappa shape index (κ3) is 3.66. The van der Waals surface area contributed by atoms with E-state index in [-0.39, 0.29) is 18.7 Å². The molecule has 0 saturated carbocycles. The second-order valence-electron chi connectivity index (χ2n) is 5.97. The molecule has 0 aromatic carbocycles. The molecule has 0 unspecified atom stereocenters. The Bertz CT molecular complexity index is 829. The lowest BCUT2D eigenvalue weighted by Crippen LogP contribution is -2.24. The summed E-state index contributed by atoms with van der Waals surface area (Å²) < 4.78 is 1.98. The molecule has 3 aromatic rings. The molecule has 3 rings (SSSR count). The van der Waals surface area contributed by atoms with Gasteiger partial charge in [-0.1, -0.05) is 6.92 Å². The molecule has 0 amide bonds. The first-order valence-electron chi connectivity index (χ1n) is 8.27. The first-order chi connectivity index (χ1) is 12.1. The SMILES string of the molecule is CC[C@@H](CO)Nc1nc(Nc2ccncn2)c2ncn(C(C)C)c2n1. The van der Waals surface area contributed by atoms with Crippen LogP contribution in [0, 0.1) is 0 Å². The van der Waals surface area contributed by atoms with Crippen molar-refractivity contribution in [2.75, 3.05) is 17.2 Å². The average molecular weight is 342 g/mol. The summed E-state index contributed by atoms with van der Waals surface area (Å²) in [5.74, 6) is 1.61. The van der Waals surface area contributed by atoms with Gasteiger partial charge in [-0.2, -0.15) is 9.97 Å². The number of anilines is 3. The summed E-state index contributed by atoms with van der Waals surface area (Å²) in [4.78, 5) is 21.6. The third-order valence-electron chi connectivity index (χ3n) is 3.85. The van der Waals surface area contributed by atoms with Crippen molar-refractivity contribution in [2.45, 2.75) is 39.3 Å². The zero-order valence-electron chi connectivity index (χ0n) is 14.5. The molecule has 3 N–H and O–H groups in total. The highest BCUT2D eigenvalue weighted by Crippen LogP contribution is 2.25. The van der Waals surface area contributed by atoms with Gasteiger partial charge in [0.15, 0.2) is 17.0 Å². The highest BCUT2D eigenvalue weighted by molar-refractivity contribution is 5.86. The fourth-order valence-corrected chi connectivity index (χ4v) is 2.39. The van der Waals surface area contributed by atoms with Crippen LogP contribution >= 0.6 is 0 Å². The number of nitrogens with zero attached hydrogens (tertiary/aromatic N) is 6. The minimum Gasteiger partial charge on any atom is -0.394 e. The quantitative estimate of drug-likeness (QED) is 0.598. The molecular formula is C16H22N8O. The monoisotopic (exact) mass is 342 g/mol. The van der Waals surface area contributed by atoms with Gasteiger partial charge in [0.1, 0.15) is 12.1 Å². The molecular weight excluding hydrogens is 320 g/mol. The third-order valence-corrected chi connectivity index (χ3v) is 3.85. The zero-order valence-corrected chi connectivity index (χ0v) is 14.5. The Balaban J connectivity index is 2.06. The zero-order chi connectivity index (χ0) is 17.8. The minimum atomic E-state index is -0.111. The molecule has 0 spiro atoms. The number of aliphatic hydroxyl groups is 1. The van der Waals surface area contributed by atoms with E-state index in [1.54, 1.807) is 18.6 Å². The van der Waals surface area contributed by atoms with E-state index in [4.69, 9.17) is 0 Å². The molecule has 0 saturated heterocycles. The molecule has 3 aromatic heterocycles. The van der Waals surface area contributed by atoms with Crippen molar-refractivity contribution in [3.05, 3.63) is 24.9 Å². The van der Waals surface area contributed by atoms with Gasteiger partial charge in [-0.3, -0.25) is 0 Å². The topological polar surface area (TPSA) is 114 Å². The fraction of sp³-hybridized carbons (Fsp3) is 0.438. The summed E-state index contributed by atoms with van der Waals surface area (Å²) in [7, 11) is 0. The van der Waals surface area contributed by atoms with Crippen molar-refractivity contribution in [1.82, 2.24) is 29.5 Å². The Morgan fingerprint density at radius 2 is 2.08 bits per heavy atom. The Hall–Kier alpha value is -2.81. The highest BCUT2D eigenvalue weighted by atomic mass is 16.3. The molecule has 132 valence electrons. The van der Waals surface area contributed by atoms with Crippen LogP contribution in [0.2, 0.25) is 0 Å². The van der Waals surface area contributed by atoms with Crippen LogP contribution < -0.4 is 10.6 Å². The number of fused-ring (bicyclic) bond motifs is 1. The van der Waals surface area contributed by atoms with Crippen LogP contribution in [0.5, 0.6) is 0 Å². The first kappa shape index (κ1) is 17.0. The van der Waals surface area contributed by atoms with Crippen LogP contribution in [0.25, 0.3) is 11.2 Å². The van der Waals surface area contributed by atoms with Crippen molar-refractivity contribution in [3.8, 4) is 0 Å². The van der Waals surface area contributed by atoms with E-state index in [9.17, 15) is 5.11 Å². The second-order valence-corrected chi connectivity index (χ2v) is 5.97. The number of rotatable bonds is 7. The summed E-state index contributed by atoms with van der Waals surface area (Å²) in [5, 5.41) is 15.8. The van der Waals surface area contributed by atoms with E-state index in [1.165, 1.54) is 6.33 Å². The fourth-order valence-electron chi connectivity index (χ4n) is 2.39. The molecule has 0 aliphatic rings. The smallest absolute Gasteiger partial charge is 0.227 e. The Morgan fingerprint density at radius 3 is 2.72 bits per heavy atom. The molecule has 0 aliphatic heterocycles. The van der Waals surface area contributed by atoms with Gasteiger partial charge in [0.2, 0.25) is 5.95 Å². The number of nitrogens with one attached hydrogen (secondary N) is 2. The molecule has 0 aliphatic carbocycles. The Kier molecular flexibility index (Phi) is 5.03. The van der Waals surface area contributed by atoms with Gasteiger partial charge in [0.05, 0.1) is 19.0 Å². The predicted octanol–water partition coefficient (Wildman–Crippen LogP) is 2.12. The number of aliphatic hydroxyl groups excluding tert-OH is 1. The summed E-state index contributed by atoms with van der Waals surface area (Å²) in [6, 6.07) is 1.85. The van der Waals surface area contributed by atoms with Crippen molar-refractivity contribution in [2.24, 2.45) is 0 Å². The maximum absolute atomic E-state index is 9.44. The first-order valence-corrected chi connectivity index (χ1v) is 8.27. The largest absolute Gasteiger partial charge is 0.394 e. The van der Waals surface area contributed by atoms with Gasteiger partial charge < -0.3 is 20.3 Å². The number of aromatic nitrogens is 6. The van der Waals surface area contributed by atoms with Crippen molar-refractivity contribution < 1.29 is 5.11 Å². The summed E-state index contributed by atoms with van der Waals surface area (Å²) in [6.45, 7) is 6.13. The summed E-state index contributed by atoms with van der Waals surface area (Å²) in [6.07, 6.45) is 5.63. The Morgan fingerprint density at radius 1 is 1.24 bits per heavy atom. The molecule has 25 heavy (non-hydrogen) atoms. The van der Waals surface area contributed by atoms with Crippen molar-refractivity contribution in [3.63, 3.8) is 0 Å². The van der Waals surface area contributed by atoms with Crippen LogP contribution in [-0.2, 0) is 0 Å². The van der Waals surface area contributed by atoms with E-state index in [2.05, 4.69) is 49.4 Å². The van der Waals surface area contributed by atoms with Crippen LogP contribution in [0.15, 0.2) is 24.9 Å². The van der Waals surface area contributed by atoms with Crippen LogP contribution in [0.1, 0.15) is 33.2 Å². The maximum Gasteiger partial charge on any atom is 0.227 e. The molecule has 0 fully saturated rings. The molecule has 0 radical (unpaired) electrons. The van der Waals surface area contributed by atoms with E-state index < -0.39 is 0 Å². The van der Waals surface area contributed by atoms with E-state index in [0.717, 1.165) is 12.1 Å². The normalized spacial score (nSPS) is 12.5. The van der Waals surface area contributed by atoms with Gasteiger partial charge in [-0.25, -0.2) is 15.0 Å². The predicted molar refractivity (Wildman–Crippen MR) is 95.8 cm³/mol. The highest BCUT2D eigenvalue weighted by Gasteiger charge is 2.16. The molecule has 3 heterocycles. The van der Waals surface area contributed by atoms with Gasteiger partial charge in [0, 0.05) is 12.2 Å². The van der Waals surface area contributed by atoms with Crippen molar-refractivity contribution >= 4 is 28.7 Å². The lowest BCUT2D eigenvalue weighted by atomic mass is 10.2. The molecule has 1 atom stereocenters. The number of imidazole rings is 1.